The first-order chi connectivity index (χ1) is 7.75. The highest BCUT2D eigenvalue weighted by molar-refractivity contribution is 6.20. The quantitative estimate of drug-likeness (QED) is 0.248. The zero-order chi connectivity index (χ0) is 11.5. The zero-order valence-electron chi connectivity index (χ0n) is 8.50. The van der Waals surface area contributed by atoms with E-state index in [-0.39, 0.29) is 6.79 Å². The van der Waals surface area contributed by atoms with E-state index in [2.05, 4.69) is 14.6 Å². The molecule has 6 nitrogen and oxygen atoms in total. The van der Waals surface area contributed by atoms with Crippen molar-refractivity contribution in [3.05, 3.63) is 35.4 Å². The van der Waals surface area contributed by atoms with Crippen LogP contribution < -0.4 is 0 Å². The number of hydroxylamine groups is 2. The van der Waals surface area contributed by atoms with E-state index in [1.165, 1.54) is 7.11 Å². The second-order valence-corrected chi connectivity index (χ2v) is 3.05. The van der Waals surface area contributed by atoms with Gasteiger partial charge in [0.2, 0.25) is 0 Å². The Labute approximate surface area is 91.2 Å². The van der Waals surface area contributed by atoms with Crippen LogP contribution in [0.4, 0.5) is 0 Å². The van der Waals surface area contributed by atoms with Gasteiger partial charge in [0.25, 0.3) is 11.8 Å². The molecule has 0 aromatic heterocycles. The highest BCUT2D eigenvalue weighted by Gasteiger charge is 2.37. The summed E-state index contributed by atoms with van der Waals surface area (Å²) in [5, 5.41) is 0.559. The minimum Gasteiger partial charge on any atom is -0.355 e. The van der Waals surface area contributed by atoms with Gasteiger partial charge in [-0.25, -0.2) is 0 Å². The summed E-state index contributed by atoms with van der Waals surface area (Å²) in [5.41, 5.74) is 0.599. The van der Waals surface area contributed by atoms with E-state index < -0.39 is 11.8 Å². The fourth-order valence-electron chi connectivity index (χ4n) is 1.36. The van der Waals surface area contributed by atoms with Gasteiger partial charge in [-0.15, -0.1) is 5.06 Å². The van der Waals surface area contributed by atoms with E-state index in [0.717, 1.165) is 0 Å². The van der Waals surface area contributed by atoms with E-state index in [4.69, 9.17) is 0 Å². The normalized spacial score (nSPS) is 14.4. The van der Waals surface area contributed by atoms with E-state index in [1.807, 2.05) is 0 Å². The predicted octanol–water partition coefficient (Wildman–Crippen LogP) is 0.750. The van der Waals surface area contributed by atoms with Crippen molar-refractivity contribution in [3.63, 3.8) is 0 Å². The Morgan fingerprint density at radius 2 is 1.69 bits per heavy atom. The molecule has 0 bridgehead atoms. The van der Waals surface area contributed by atoms with Crippen molar-refractivity contribution in [2.24, 2.45) is 0 Å². The molecule has 0 saturated carbocycles. The lowest BCUT2D eigenvalue weighted by atomic mass is 10.1. The Kier molecular flexibility index (Phi) is 2.95. The molecule has 0 radical (unpaired) electrons. The molecular formula is C10H9NO5. The summed E-state index contributed by atoms with van der Waals surface area (Å²) in [7, 11) is 1.39. The molecule has 0 saturated heterocycles. The molecule has 2 rings (SSSR count). The van der Waals surface area contributed by atoms with Crippen LogP contribution in [0.15, 0.2) is 24.3 Å². The lowest BCUT2D eigenvalue weighted by Gasteiger charge is -2.10. The summed E-state index contributed by atoms with van der Waals surface area (Å²) in [6, 6.07) is 6.44. The fraction of sp³-hybridized carbons (Fsp3) is 0.200. The lowest BCUT2D eigenvalue weighted by Crippen LogP contribution is -2.30. The number of methoxy groups -OCH3 is 1. The molecule has 0 aliphatic carbocycles. The van der Waals surface area contributed by atoms with Crippen LogP contribution in [-0.2, 0) is 14.6 Å². The van der Waals surface area contributed by atoms with Gasteiger partial charge in [-0.05, 0) is 12.1 Å². The minimum absolute atomic E-state index is 0.173. The number of fused-ring (bicyclic) bond motifs is 1. The largest absolute Gasteiger partial charge is 0.355 e. The van der Waals surface area contributed by atoms with Gasteiger partial charge in [0.15, 0.2) is 6.79 Å². The third-order valence-corrected chi connectivity index (χ3v) is 2.05. The van der Waals surface area contributed by atoms with E-state index in [1.54, 1.807) is 24.3 Å². The molecule has 0 N–H and O–H groups in total. The van der Waals surface area contributed by atoms with Gasteiger partial charge in [-0.1, -0.05) is 17.1 Å². The third kappa shape index (κ3) is 1.69. The second-order valence-electron chi connectivity index (χ2n) is 3.05. The lowest BCUT2D eigenvalue weighted by molar-refractivity contribution is -0.410. The molecule has 0 unspecified atom stereocenters. The molecule has 2 amide bonds. The van der Waals surface area contributed by atoms with Crippen LogP contribution >= 0.6 is 0 Å². The van der Waals surface area contributed by atoms with Crippen LogP contribution in [0.3, 0.4) is 0 Å². The highest BCUT2D eigenvalue weighted by Crippen LogP contribution is 2.22. The Morgan fingerprint density at radius 1 is 1.12 bits per heavy atom. The van der Waals surface area contributed by atoms with Crippen LogP contribution in [0.5, 0.6) is 0 Å². The molecule has 6 heteroatoms. The standard InChI is InChI=1S/C10H9NO5/c1-14-6-15-16-11-9(12)7-4-2-3-5-8(7)10(11)13/h2-5H,6H2,1H3. The van der Waals surface area contributed by atoms with Gasteiger partial charge < -0.3 is 4.74 Å². The van der Waals surface area contributed by atoms with Gasteiger partial charge in [-0.2, -0.15) is 4.89 Å². The Hall–Kier alpha value is -1.76. The predicted molar refractivity (Wildman–Crippen MR) is 51.0 cm³/mol. The monoisotopic (exact) mass is 223 g/mol. The summed E-state index contributed by atoms with van der Waals surface area (Å²) in [4.78, 5) is 32.4. The molecule has 0 fully saturated rings. The van der Waals surface area contributed by atoms with Gasteiger partial charge in [-0.3, -0.25) is 9.59 Å². The van der Waals surface area contributed by atoms with Gasteiger partial charge in [0.05, 0.1) is 11.1 Å². The van der Waals surface area contributed by atoms with Crippen molar-refractivity contribution in [2.45, 2.75) is 0 Å². The summed E-state index contributed by atoms with van der Waals surface area (Å²) >= 11 is 0. The molecule has 1 aliphatic heterocycles. The highest BCUT2D eigenvalue weighted by atomic mass is 17.3. The van der Waals surface area contributed by atoms with E-state index in [0.29, 0.717) is 16.2 Å². The first-order valence-electron chi connectivity index (χ1n) is 4.52. The molecular weight excluding hydrogens is 214 g/mol. The number of rotatable bonds is 4. The topological polar surface area (TPSA) is 65.1 Å². The first kappa shape index (κ1) is 10.7. The first-order valence-corrected chi connectivity index (χ1v) is 4.52. The van der Waals surface area contributed by atoms with Crippen LogP contribution in [-0.4, -0.2) is 30.8 Å². The molecule has 1 aromatic rings. The van der Waals surface area contributed by atoms with Gasteiger partial charge in [0.1, 0.15) is 0 Å². The van der Waals surface area contributed by atoms with Crippen molar-refractivity contribution in [1.82, 2.24) is 5.06 Å². The number of carbonyl (C=O) groups is 2. The molecule has 1 aliphatic rings. The van der Waals surface area contributed by atoms with E-state index in [9.17, 15) is 9.59 Å². The summed E-state index contributed by atoms with van der Waals surface area (Å²) in [5.74, 6) is -1.09. The van der Waals surface area contributed by atoms with Crippen molar-refractivity contribution < 1.29 is 24.2 Å². The Morgan fingerprint density at radius 3 is 2.19 bits per heavy atom. The maximum Gasteiger partial charge on any atom is 0.288 e. The van der Waals surface area contributed by atoms with Crippen LogP contribution in [0, 0.1) is 0 Å². The average molecular weight is 223 g/mol. The smallest absolute Gasteiger partial charge is 0.288 e. The summed E-state index contributed by atoms with van der Waals surface area (Å²) in [6.07, 6.45) is 0. The van der Waals surface area contributed by atoms with Crippen molar-refractivity contribution in [2.75, 3.05) is 13.9 Å². The molecule has 0 atom stereocenters. The number of ether oxygens (including phenoxy) is 1. The molecule has 16 heavy (non-hydrogen) atoms. The number of benzene rings is 1. The number of nitrogens with zero attached hydrogens (tertiary/aromatic N) is 1. The number of carbonyl (C=O) groups excluding carboxylic acids is 2. The average Bonchev–Trinajstić information content (AvgIpc) is 2.55. The molecule has 84 valence electrons. The Bertz CT molecular complexity index is 396. The van der Waals surface area contributed by atoms with Crippen LogP contribution in [0.2, 0.25) is 0 Å². The SMILES string of the molecule is COCOON1C(=O)c2ccccc2C1=O. The summed E-state index contributed by atoms with van der Waals surface area (Å²) in [6.45, 7) is -0.173. The zero-order valence-corrected chi connectivity index (χ0v) is 8.50. The molecule has 1 heterocycles. The summed E-state index contributed by atoms with van der Waals surface area (Å²) < 4.78 is 4.55. The number of hydrogen-bond donors (Lipinski definition) is 0. The minimum atomic E-state index is -0.545. The maximum atomic E-state index is 11.7. The Balaban J connectivity index is 2.15. The maximum absolute atomic E-state index is 11.7. The molecule has 0 spiro atoms. The van der Waals surface area contributed by atoms with Gasteiger partial charge >= 0.3 is 0 Å². The van der Waals surface area contributed by atoms with Gasteiger partial charge in [0, 0.05) is 7.11 Å². The number of hydrogen-bond acceptors (Lipinski definition) is 5. The fourth-order valence-corrected chi connectivity index (χ4v) is 1.36. The number of imide groups is 1. The second kappa shape index (κ2) is 4.40. The van der Waals surface area contributed by atoms with Crippen LogP contribution in [0.25, 0.3) is 0 Å². The van der Waals surface area contributed by atoms with Crippen molar-refractivity contribution in [1.29, 1.82) is 0 Å². The number of amides is 2. The van der Waals surface area contributed by atoms with Crippen molar-refractivity contribution in [3.8, 4) is 0 Å². The third-order valence-electron chi connectivity index (χ3n) is 2.05. The molecule has 1 aromatic carbocycles. The van der Waals surface area contributed by atoms with Crippen LogP contribution in [0.1, 0.15) is 20.7 Å². The van der Waals surface area contributed by atoms with E-state index >= 15 is 0 Å². The van der Waals surface area contributed by atoms with Crippen molar-refractivity contribution >= 4 is 11.8 Å².